The SMILES string of the molecule is Cc1ccc(S(=O)(=O)CC/C(=N\OCc2cccc(F)c2)c2ccc(Cl)cc2)cc1. The molecule has 0 unspecified atom stereocenters. The summed E-state index contributed by atoms with van der Waals surface area (Å²) in [7, 11) is -3.48. The van der Waals surface area contributed by atoms with Gasteiger partial charge in [0.15, 0.2) is 9.84 Å². The number of rotatable bonds is 8. The Morgan fingerprint density at radius 2 is 1.73 bits per heavy atom. The largest absolute Gasteiger partial charge is 0.391 e. The van der Waals surface area contributed by atoms with E-state index in [1.807, 2.05) is 6.92 Å². The lowest BCUT2D eigenvalue weighted by atomic mass is 10.1. The molecule has 0 heterocycles. The lowest BCUT2D eigenvalue weighted by Crippen LogP contribution is -2.13. The van der Waals surface area contributed by atoms with Gasteiger partial charge in [0.05, 0.1) is 16.4 Å². The molecule has 4 nitrogen and oxygen atoms in total. The van der Waals surface area contributed by atoms with Crippen LogP contribution in [0, 0.1) is 12.7 Å². The molecule has 0 atom stereocenters. The van der Waals surface area contributed by atoms with Gasteiger partial charge in [0.25, 0.3) is 0 Å². The number of aryl methyl sites for hydroxylation is 1. The fourth-order valence-electron chi connectivity index (χ4n) is 2.79. The van der Waals surface area contributed by atoms with E-state index in [2.05, 4.69) is 5.16 Å². The summed E-state index contributed by atoms with van der Waals surface area (Å²) in [6.45, 7) is 1.97. The Bertz CT molecular complexity index is 1130. The van der Waals surface area contributed by atoms with E-state index in [4.69, 9.17) is 16.4 Å². The van der Waals surface area contributed by atoms with Crippen molar-refractivity contribution in [3.05, 3.63) is 100 Å². The van der Waals surface area contributed by atoms with E-state index in [1.54, 1.807) is 60.7 Å². The van der Waals surface area contributed by atoms with Gasteiger partial charge >= 0.3 is 0 Å². The van der Waals surface area contributed by atoms with E-state index >= 15 is 0 Å². The number of sulfone groups is 1. The Labute approximate surface area is 180 Å². The summed E-state index contributed by atoms with van der Waals surface area (Å²) in [5, 5.41) is 4.71. The Hall–Kier alpha value is -2.70. The molecule has 0 spiro atoms. The van der Waals surface area contributed by atoms with Gasteiger partial charge < -0.3 is 4.84 Å². The van der Waals surface area contributed by atoms with Crippen molar-refractivity contribution in [2.75, 3.05) is 5.75 Å². The second-order valence-electron chi connectivity index (χ2n) is 6.83. The maximum Gasteiger partial charge on any atom is 0.178 e. The summed E-state index contributed by atoms with van der Waals surface area (Å²) in [6, 6.07) is 19.7. The molecule has 0 radical (unpaired) electrons. The van der Waals surface area contributed by atoms with Crippen molar-refractivity contribution in [2.45, 2.75) is 24.8 Å². The molecule has 0 aliphatic heterocycles. The van der Waals surface area contributed by atoms with Crippen molar-refractivity contribution >= 4 is 27.1 Å². The smallest absolute Gasteiger partial charge is 0.178 e. The van der Waals surface area contributed by atoms with Crippen molar-refractivity contribution < 1.29 is 17.6 Å². The molecular formula is C23H21ClFNO3S. The fourth-order valence-corrected chi connectivity index (χ4v) is 4.17. The van der Waals surface area contributed by atoms with Crippen molar-refractivity contribution in [3.63, 3.8) is 0 Å². The second kappa shape index (κ2) is 9.87. The topological polar surface area (TPSA) is 55.7 Å². The van der Waals surface area contributed by atoms with Crippen LogP contribution in [0.1, 0.15) is 23.1 Å². The van der Waals surface area contributed by atoms with E-state index in [-0.39, 0.29) is 29.5 Å². The molecule has 0 bridgehead atoms. The fraction of sp³-hybridized carbons (Fsp3) is 0.174. The highest BCUT2D eigenvalue weighted by Gasteiger charge is 2.17. The van der Waals surface area contributed by atoms with Crippen LogP contribution in [0.25, 0.3) is 0 Å². The van der Waals surface area contributed by atoms with Crippen LogP contribution in [0.15, 0.2) is 82.8 Å². The van der Waals surface area contributed by atoms with Gasteiger partial charge in [-0.3, -0.25) is 0 Å². The standard InChI is InChI=1S/C23H21ClFNO3S/c1-17-5-11-22(12-6-17)30(27,28)14-13-23(19-7-9-20(24)10-8-19)26-29-16-18-3-2-4-21(25)15-18/h2-12,15H,13-14,16H2,1H3/b26-23+. The molecular weight excluding hydrogens is 425 g/mol. The summed E-state index contributed by atoms with van der Waals surface area (Å²) < 4.78 is 38.7. The average molecular weight is 446 g/mol. The Morgan fingerprint density at radius 3 is 2.40 bits per heavy atom. The molecule has 0 fully saturated rings. The minimum atomic E-state index is -3.48. The molecule has 156 valence electrons. The van der Waals surface area contributed by atoms with Crippen molar-refractivity contribution in [1.29, 1.82) is 0 Å². The summed E-state index contributed by atoms with van der Waals surface area (Å²) in [4.78, 5) is 5.67. The number of nitrogens with zero attached hydrogens (tertiary/aromatic N) is 1. The van der Waals surface area contributed by atoms with Crippen LogP contribution < -0.4 is 0 Å². The molecule has 0 aliphatic carbocycles. The predicted molar refractivity (Wildman–Crippen MR) is 117 cm³/mol. The van der Waals surface area contributed by atoms with Crippen molar-refractivity contribution in [3.8, 4) is 0 Å². The molecule has 0 aliphatic rings. The zero-order valence-electron chi connectivity index (χ0n) is 16.4. The molecule has 3 aromatic carbocycles. The monoisotopic (exact) mass is 445 g/mol. The van der Waals surface area contributed by atoms with Gasteiger partial charge in [-0.15, -0.1) is 0 Å². The van der Waals surface area contributed by atoms with Gasteiger partial charge in [0.1, 0.15) is 12.4 Å². The number of hydrogen-bond acceptors (Lipinski definition) is 4. The second-order valence-corrected chi connectivity index (χ2v) is 9.38. The molecule has 0 saturated heterocycles. The van der Waals surface area contributed by atoms with Crippen LogP contribution in [0.3, 0.4) is 0 Å². The van der Waals surface area contributed by atoms with Gasteiger partial charge in [-0.1, -0.05) is 58.7 Å². The van der Waals surface area contributed by atoms with Gasteiger partial charge in [0, 0.05) is 11.4 Å². The van der Waals surface area contributed by atoms with Gasteiger partial charge in [-0.2, -0.15) is 0 Å². The highest BCUT2D eigenvalue weighted by molar-refractivity contribution is 7.91. The molecule has 0 aromatic heterocycles. The van der Waals surface area contributed by atoms with E-state index in [1.165, 1.54) is 12.1 Å². The van der Waals surface area contributed by atoms with Gasteiger partial charge in [-0.25, -0.2) is 12.8 Å². The number of benzene rings is 3. The van der Waals surface area contributed by atoms with Crippen LogP contribution in [0.4, 0.5) is 4.39 Å². The third kappa shape index (κ3) is 6.15. The Morgan fingerprint density at radius 1 is 1.03 bits per heavy atom. The number of oxime groups is 1. The van der Waals surface area contributed by atoms with Crippen LogP contribution in [-0.2, 0) is 21.3 Å². The van der Waals surface area contributed by atoms with E-state index in [9.17, 15) is 12.8 Å². The normalized spacial score (nSPS) is 12.0. The number of hydrogen-bond donors (Lipinski definition) is 0. The minimum Gasteiger partial charge on any atom is -0.391 e. The lowest BCUT2D eigenvalue weighted by molar-refractivity contribution is 0.130. The first kappa shape index (κ1) is 22.0. The summed E-state index contributed by atoms with van der Waals surface area (Å²) in [6.07, 6.45) is 0.154. The highest BCUT2D eigenvalue weighted by Crippen LogP contribution is 2.17. The van der Waals surface area contributed by atoms with Gasteiger partial charge in [0.2, 0.25) is 0 Å². The van der Waals surface area contributed by atoms with Crippen LogP contribution in [-0.4, -0.2) is 19.9 Å². The van der Waals surface area contributed by atoms with Crippen molar-refractivity contribution in [1.82, 2.24) is 0 Å². The summed E-state index contributed by atoms with van der Waals surface area (Å²) in [5.74, 6) is -0.483. The molecule has 0 N–H and O–H groups in total. The van der Waals surface area contributed by atoms with Gasteiger partial charge in [-0.05, 0) is 54.4 Å². The third-order valence-electron chi connectivity index (χ3n) is 4.46. The first-order valence-corrected chi connectivity index (χ1v) is 11.4. The summed E-state index contributed by atoms with van der Waals surface area (Å²) >= 11 is 5.96. The molecule has 3 aromatic rings. The van der Waals surface area contributed by atoms with E-state index in [0.717, 1.165) is 5.56 Å². The minimum absolute atomic E-state index is 0.0690. The quantitative estimate of drug-likeness (QED) is 0.336. The van der Waals surface area contributed by atoms with Crippen molar-refractivity contribution in [2.24, 2.45) is 5.16 Å². The molecule has 3 rings (SSSR count). The molecule has 0 saturated carbocycles. The zero-order valence-corrected chi connectivity index (χ0v) is 18.0. The Balaban J connectivity index is 1.77. The third-order valence-corrected chi connectivity index (χ3v) is 6.44. The number of halogens is 2. The first-order valence-electron chi connectivity index (χ1n) is 9.32. The summed E-state index contributed by atoms with van der Waals surface area (Å²) in [5.41, 5.74) is 2.79. The van der Waals surface area contributed by atoms with Crippen LogP contribution >= 0.6 is 11.6 Å². The maximum absolute atomic E-state index is 13.3. The van der Waals surface area contributed by atoms with E-state index < -0.39 is 9.84 Å². The maximum atomic E-state index is 13.3. The molecule has 7 heteroatoms. The predicted octanol–water partition coefficient (Wildman–Crippen LogP) is 5.57. The Kier molecular flexibility index (Phi) is 7.24. The molecule has 0 amide bonds. The van der Waals surface area contributed by atoms with Crippen LogP contribution in [0.2, 0.25) is 5.02 Å². The lowest BCUT2D eigenvalue weighted by Gasteiger charge is -2.09. The first-order chi connectivity index (χ1) is 14.3. The zero-order chi connectivity index (χ0) is 21.6. The average Bonchev–Trinajstić information content (AvgIpc) is 2.72. The molecule has 30 heavy (non-hydrogen) atoms. The van der Waals surface area contributed by atoms with E-state index in [0.29, 0.717) is 21.9 Å². The van der Waals surface area contributed by atoms with Crippen LogP contribution in [0.5, 0.6) is 0 Å². The highest BCUT2D eigenvalue weighted by atomic mass is 35.5.